The number of carbonyl (C=O) groups is 2. The highest BCUT2D eigenvalue weighted by atomic mass is 16.6. The van der Waals surface area contributed by atoms with Gasteiger partial charge in [0.2, 0.25) is 0 Å². The molecule has 11 nitrogen and oxygen atoms in total. The molecule has 4 heterocycles. The Balaban J connectivity index is 1.52. The van der Waals surface area contributed by atoms with E-state index in [1.165, 1.54) is 18.1 Å². The van der Waals surface area contributed by atoms with Crippen LogP contribution in [-0.4, -0.2) is 68.1 Å². The van der Waals surface area contributed by atoms with Crippen LogP contribution < -0.4 is 10.2 Å². The number of amides is 2. The number of piperidine rings is 1. The second-order valence-corrected chi connectivity index (χ2v) is 10.9. The van der Waals surface area contributed by atoms with Crippen molar-refractivity contribution < 1.29 is 19.4 Å². The molecule has 0 unspecified atom stereocenters. The predicted octanol–water partition coefficient (Wildman–Crippen LogP) is 4.26. The van der Waals surface area contributed by atoms with Gasteiger partial charge in [0.25, 0.3) is 0 Å². The van der Waals surface area contributed by atoms with Crippen LogP contribution in [0.4, 0.5) is 15.4 Å². The molecule has 4 rings (SSSR count). The summed E-state index contributed by atoms with van der Waals surface area (Å²) in [6.45, 7) is 9.19. The third kappa shape index (κ3) is 5.96. The summed E-state index contributed by atoms with van der Waals surface area (Å²) >= 11 is 0. The van der Waals surface area contributed by atoms with Gasteiger partial charge in [-0.25, -0.2) is 19.1 Å². The van der Waals surface area contributed by atoms with Crippen molar-refractivity contribution in [3.63, 3.8) is 0 Å². The first-order chi connectivity index (χ1) is 17.9. The Hall–Kier alpha value is -4.33. The number of hydrogen-bond donors (Lipinski definition) is 2. The molecule has 2 N–H and O–H groups in total. The Morgan fingerprint density at radius 3 is 2.55 bits per heavy atom. The molecule has 0 saturated carbocycles. The van der Waals surface area contributed by atoms with Gasteiger partial charge < -0.3 is 25.0 Å². The lowest BCUT2D eigenvalue weighted by atomic mass is 9.90. The lowest BCUT2D eigenvalue weighted by Crippen LogP contribution is -2.54. The number of aromatic nitrogens is 3. The maximum absolute atomic E-state index is 12.3. The summed E-state index contributed by atoms with van der Waals surface area (Å²) in [5, 5.41) is 26.2. The summed E-state index contributed by atoms with van der Waals surface area (Å²) in [5.41, 5.74) is 2.45. The highest BCUT2D eigenvalue weighted by Gasteiger charge is 2.33. The molecule has 0 radical (unpaired) electrons. The van der Waals surface area contributed by atoms with Gasteiger partial charge in [0.15, 0.2) is 0 Å². The Morgan fingerprint density at radius 1 is 1.26 bits per heavy atom. The normalized spacial score (nSPS) is 15.1. The molecule has 2 amide bonds. The van der Waals surface area contributed by atoms with E-state index in [0.29, 0.717) is 11.1 Å². The first-order valence-electron chi connectivity index (χ1n) is 12.4. The van der Waals surface area contributed by atoms with Gasteiger partial charge in [-0.2, -0.15) is 10.4 Å². The van der Waals surface area contributed by atoms with Crippen molar-refractivity contribution in [1.82, 2.24) is 24.8 Å². The van der Waals surface area contributed by atoms with Crippen molar-refractivity contribution in [3.8, 4) is 17.2 Å². The van der Waals surface area contributed by atoms with Gasteiger partial charge in [0.1, 0.15) is 17.5 Å². The number of nitrogens with zero attached hydrogens (tertiary/aromatic N) is 6. The molecule has 0 spiro atoms. The van der Waals surface area contributed by atoms with Crippen LogP contribution in [0.15, 0.2) is 36.8 Å². The number of nitriles is 1. The van der Waals surface area contributed by atoms with Gasteiger partial charge in [-0.05, 0) is 64.3 Å². The Bertz CT molecular complexity index is 1380. The van der Waals surface area contributed by atoms with Crippen molar-refractivity contribution in [2.75, 3.05) is 25.0 Å². The second-order valence-electron chi connectivity index (χ2n) is 10.9. The standard InChI is InChI=1S/C27H33N7O4/c1-26(2,3)38-24(35)31-27(4)8-10-33(11-9-27)22-7-6-19(14-29-22)21-12-18(16-32(5)25(36)37)17-34-23(21)20(13-28)15-30-34/h6-7,12,14-15,17H,8-11,16H2,1-5H3,(H,31,35)(H,36,37). The fraction of sp³-hybridized carbons (Fsp3) is 0.444. The van der Waals surface area contributed by atoms with E-state index in [1.807, 2.05) is 45.9 Å². The molecular formula is C27H33N7O4. The summed E-state index contributed by atoms with van der Waals surface area (Å²) in [7, 11) is 1.50. The van der Waals surface area contributed by atoms with Crippen LogP contribution in [0.25, 0.3) is 16.6 Å². The molecule has 3 aromatic rings. The minimum Gasteiger partial charge on any atom is -0.465 e. The van der Waals surface area contributed by atoms with Crippen LogP contribution in [0.2, 0.25) is 0 Å². The third-order valence-corrected chi connectivity index (χ3v) is 6.59. The number of hydrogen-bond acceptors (Lipinski definition) is 7. The Kier molecular flexibility index (Phi) is 7.18. The number of alkyl carbamates (subject to hydrolysis) is 1. The monoisotopic (exact) mass is 519 g/mol. The quantitative estimate of drug-likeness (QED) is 0.510. The molecule has 11 heteroatoms. The van der Waals surface area contributed by atoms with E-state index in [-0.39, 0.29) is 12.1 Å². The number of carboxylic acid groups (broad SMARTS) is 1. The number of rotatable bonds is 5. The summed E-state index contributed by atoms with van der Waals surface area (Å²) in [6.07, 6.45) is 5.05. The van der Waals surface area contributed by atoms with Crippen molar-refractivity contribution in [1.29, 1.82) is 5.26 Å². The lowest BCUT2D eigenvalue weighted by Gasteiger charge is -2.40. The van der Waals surface area contributed by atoms with Crippen LogP contribution in [0, 0.1) is 11.3 Å². The van der Waals surface area contributed by atoms with Gasteiger partial charge in [-0.15, -0.1) is 0 Å². The Morgan fingerprint density at radius 2 is 1.97 bits per heavy atom. The zero-order chi connectivity index (χ0) is 27.7. The van der Waals surface area contributed by atoms with E-state index in [2.05, 4.69) is 21.4 Å². The topological polar surface area (TPSA) is 136 Å². The molecule has 200 valence electrons. The molecule has 1 fully saturated rings. The van der Waals surface area contributed by atoms with Crippen LogP contribution in [-0.2, 0) is 11.3 Å². The number of nitrogens with one attached hydrogen (secondary N) is 1. The SMILES string of the molecule is CN(Cc1cc(-c2ccc(N3CCC(C)(NC(=O)OC(C)(C)C)CC3)nc2)c2c(C#N)cnn2c1)C(=O)O. The van der Waals surface area contributed by atoms with Gasteiger partial charge in [-0.3, -0.25) is 0 Å². The van der Waals surface area contributed by atoms with Crippen LogP contribution in [0.5, 0.6) is 0 Å². The number of ether oxygens (including phenoxy) is 1. The molecule has 1 saturated heterocycles. The molecule has 0 atom stereocenters. The highest BCUT2D eigenvalue weighted by Crippen LogP contribution is 2.31. The zero-order valence-corrected chi connectivity index (χ0v) is 22.4. The zero-order valence-electron chi connectivity index (χ0n) is 22.4. The maximum Gasteiger partial charge on any atom is 0.408 e. The minimum absolute atomic E-state index is 0.176. The molecular weight excluding hydrogens is 486 g/mol. The first-order valence-corrected chi connectivity index (χ1v) is 12.4. The highest BCUT2D eigenvalue weighted by molar-refractivity contribution is 5.84. The number of anilines is 1. The third-order valence-electron chi connectivity index (χ3n) is 6.59. The van der Waals surface area contributed by atoms with Crippen molar-refractivity contribution in [3.05, 3.63) is 47.9 Å². The van der Waals surface area contributed by atoms with Crippen molar-refractivity contribution in [2.45, 2.75) is 58.2 Å². The summed E-state index contributed by atoms with van der Waals surface area (Å²) in [4.78, 5) is 31.7. The average Bonchev–Trinajstić information content (AvgIpc) is 3.25. The number of carbonyl (C=O) groups excluding carboxylic acids is 1. The molecule has 0 bridgehead atoms. The minimum atomic E-state index is -1.03. The number of pyridine rings is 2. The first kappa shape index (κ1) is 26.7. The van der Waals surface area contributed by atoms with E-state index in [0.717, 1.165) is 48.4 Å². The molecule has 0 aromatic carbocycles. The largest absolute Gasteiger partial charge is 0.465 e. The van der Waals surface area contributed by atoms with E-state index >= 15 is 0 Å². The van der Waals surface area contributed by atoms with E-state index in [4.69, 9.17) is 9.72 Å². The smallest absolute Gasteiger partial charge is 0.408 e. The van der Waals surface area contributed by atoms with Gasteiger partial charge >= 0.3 is 12.2 Å². The van der Waals surface area contributed by atoms with Crippen LogP contribution in [0.1, 0.15) is 51.7 Å². The summed E-state index contributed by atoms with van der Waals surface area (Å²) in [6, 6.07) is 7.94. The van der Waals surface area contributed by atoms with E-state index in [1.54, 1.807) is 16.9 Å². The fourth-order valence-electron chi connectivity index (χ4n) is 4.54. The van der Waals surface area contributed by atoms with E-state index in [9.17, 15) is 20.0 Å². The molecule has 1 aliphatic heterocycles. The van der Waals surface area contributed by atoms with Crippen molar-refractivity contribution in [2.24, 2.45) is 0 Å². The van der Waals surface area contributed by atoms with Gasteiger partial charge in [0.05, 0.1) is 23.8 Å². The van der Waals surface area contributed by atoms with Gasteiger partial charge in [-0.1, -0.05) is 0 Å². The molecule has 0 aliphatic carbocycles. The molecule has 3 aromatic heterocycles. The van der Waals surface area contributed by atoms with Gasteiger partial charge in [0, 0.05) is 49.2 Å². The fourth-order valence-corrected chi connectivity index (χ4v) is 4.54. The summed E-state index contributed by atoms with van der Waals surface area (Å²) in [5.74, 6) is 0.819. The maximum atomic E-state index is 12.3. The van der Waals surface area contributed by atoms with E-state index < -0.39 is 17.8 Å². The molecule has 38 heavy (non-hydrogen) atoms. The van der Waals surface area contributed by atoms with Crippen LogP contribution in [0.3, 0.4) is 0 Å². The summed E-state index contributed by atoms with van der Waals surface area (Å²) < 4.78 is 7.03. The Labute approximate surface area is 221 Å². The van der Waals surface area contributed by atoms with Crippen LogP contribution >= 0.6 is 0 Å². The number of fused-ring (bicyclic) bond motifs is 1. The van der Waals surface area contributed by atoms with Crippen molar-refractivity contribution >= 4 is 23.5 Å². The molecule has 1 aliphatic rings. The average molecular weight is 520 g/mol. The predicted molar refractivity (Wildman–Crippen MR) is 142 cm³/mol. The second kappa shape index (κ2) is 10.2. The lowest BCUT2D eigenvalue weighted by molar-refractivity contribution is 0.0448.